The maximum atomic E-state index is 12.9. The van der Waals surface area contributed by atoms with E-state index in [2.05, 4.69) is 16.7 Å². The predicted octanol–water partition coefficient (Wildman–Crippen LogP) is 5.71. The molecule has 1 aliphatic rings. The third-order valence-electron chi connectivity index (χ3n) is 5.43. The lowest BCUT2D eigenvalue weighted by molar-refractivity contribution is 0.102. The number of carbonyl (C=O) groups is 2. The van der Waals surface area contributed by atoms with Crippen LogP contribution in [0.1, 0.15) is 35.7 Å². The Kier molecular flexibility index (Phi) is 6.70. The number of para-hydroxylation sites is 1. The fraction of sp³-hybridized carbons (Fsp3) is 0.231. The Balaban J connectivity index is 1.39. The molecule has 0 aliphatic carbocycles. The van der Waals surface area contributed by atoms with E-state index in [1.165, 1.54) is 5.56 Å². The monoisotopic (exact) mass is 429 g/mol. The van der Waals surface area contributed by atoms with Crippen LogP contribution in [0.3, 0.4) is 0 Å². The average molecular weight is 430 g/mol. The molecular weight excluding hydrogens is 402 g/mol. The molecule has 0 fully saturated rings. The van der Waals surface area contributed by atoms with Gasteiger partial charge in [0.2, 0.25) is 0 Å². The highest BCUT2D eigenvalue weighted by atomic mass is 16.5. The standard InChI is InChI=1S/C26H27N3O3/c1-2-32-23-16-14-21(15-17-23)27-25(30)20-10-12-22(13-11-20)28-26(31)29-18-6-5-8-19-7-3-4-9-24(19)29/h3-4,7,9-17H,2,5-6,8,18H2,1H3,(H,27,30)(H,28,31). The van der Waals surface area contributed by atoms with Gasteiger partial charge in [0.1, 0.15) is 5.75 Å². The fourth-order valence-corrected chi connectivity index (χ4v) is 3.80. The molecule has 32 heavy (non-hydrogen) atoms. The van der Waals surface area contributed by atoms with Gasteiger partial charge in [-0.3, -0.25) is 9.69 Å². The lowest BCUT2D eigenvalue weighted by atomic mass is 10.1. The van der Waals surface area contributed by atoms with E-state index in [1.54, 1.807) is 41.3 Å². The molecular formula is C26H27N3O3. The summed E-state index contributed by atoms with van der Waals surface area (Å²) in [6.45, 7) is 3.21. The number of benzene rings is 3. The Bertz CT molecular complexity index is 1080. The maximum absolute atomic E-state index is 12.9. The Morgan fingerprint density at radius 1 is 0.875 bits per heavy atom. The number of rotatable bonds is 5. The lowest BCUT2D eigenvalue weighted by Gasteiger charge is -2.23. The number of nitrogens with zero attached hydrogens (tertiary/aromatic N) is 1. The van der Waals surface area contributed by atoms with Crippen molar-refractivity contribution in [2.45, 2.75) is 26.2 Å². The first-order valence-corrected chi connectivity index (χ1v) is 10.9. The molecule has 164 valence electrons. The quantitative estimate of drug-likeness (QED) is 0.546. The predicted molar refractivity (Wildman–Crippen MR) is 128 cm³/mol. The van der Waals surface area contributed by atoms with E-state index < -0.39 is 0 Å². The summed E-state index contributed by atoms with van der Waals surface area (Å²) < 4.78 is 5.41. The second kappa shape index (κ2) is 10.0. The summed E-state index contributed by atoms with van der Waals surface area (Å²) in [4.78, 5) is 27.3. The van der Waals surface area contributed by atoms with Crippen LogP contribution in [-0.2, 0) is 6.42 Å². The van der Waals surface area contributed by atoms with Crippen LogP contribution in [-0.4, -0.2) is 25.1 Å². The third-order valence-corrected chi connectivity index (χ3v) is 5.43. The Labute approximate surface area is 188 Å². The Morgan fingerprint density at radius 3 is 2.31 bits per heavy atom. The first-order valence-electron chi connectivity index (χ1n) is 10.9. The normalized spacial score (nSPS) is 13.0. The minimum atomic E-state index is -0.214. The van der Waals surface area contributed by atoms with Crippen LogP contribution in [0, 0.1) is 0 Å². The van der Waals surface area contributed by atoms with Gasteiger partial charge in [-0.15, -0.1) is 0 Å². The van der Waals surface area contributed by atoms with Crippen molar-refractivity contribution in [2.24, 2.45) is 0 Å². The van der Waals surface area contributed by atoms with Crippen LogP contribution in [0.4, 0.5) is 21.9 Å². The average Bonchev–Trinajstić information content (AvgIpc) is 3.04. The van der Waals surface area contributed by atoms with E-state index in [-0.39, 0.29) is 11.9 Å². The molecule has 6 heteroatoms. The first-order chi connectivity index (χ1) is 15.6. The zero-order chi connectivity index (χ0) is 22.3. The van der Waals surface area contributed by atoms with Gasteiger partial charge < -0.3 is 15.4 Å². The summed E-state index contributed by atoms with van der Waals surface area (Å²) in [5, 5.41) is 5.82. The van der Waals surface area contributed by atoms with Crippen molar-refractivity contribution in [1.29, 1.82) is 0 Å². The molecule has 6 nitrogen and oxygen atoms in total. The molecule has 3 amide bonds. The summed E-state index contributed by atoms with van der Waals surface area (Å²) in [5.74, 6) is 0.547. The van der Waals surface area contributed by atoms with Crippen LogP contribution >= 0.6 is 0 Å². The highest BCUT2D eigenvalue weighted by molar-refractivity contribution is 6.05. The number of ether oxygens (including phenoxy) is 1. The van der Waals surface area contributed by atoms with Gasteiger partial charge in [0.05, 0.1) is 6.61 Å². The minimum absolute atomic E-state index is 0.161. The van der Waals surface area contributed by atoms with E-state index >= 15 is 0 Å². The van der Waals surface area contributed by atoms with Gasteiger partial charge in [0.15, 0.2) is 0 Å². The molecule has 0 aromatic heterocycles. The Morgan fingerprint density at radius 2 is 1.56 bits per heavy atom. The molecule has 2 N–H and O–H groups in total. The second-order valence-corrected chi connectivity index (χ2v) is 7.66. The van der Waals surface area contributed by atoms with E-state index in [0.717, 1.165) is 30.7 Å². The van der Waals surface area contributed by atoms with Crippen LogP contribution < -0.4 is 20.3 Å². The van der Waals surface area contributed by atoms with Gasteiger partial charge in [-0.25, -0.2) is 4.79 Å². The van der Waals surface area contributed by atoms with Gasteiger partial charge in [0, 0.05) is 29.2 Å². The van der Waals surface area contributed by atoms with E-state index in [0.29, 0.717) is 30.1 Å². The number of urea groups is 1. The van der Waals surface area contributed by atoms with Crippen molar-refractivity contribution in [1.82, 2.24) is 0 Å². The molecule has 0 radical (unpaired) electrons. The molecule has 0 atom stereocenters. The van der Waals surface area contributed by atoms with Gasteiger partial charge in [-0.2, -0.15) is 0 Å². The number of nitrogens with one attached hydrogen (secondary N) is 2. The number of carbonyl (C=O) groups excluding carboxylic acids is 2. The number of aryl methyl sites for hydroxylation is 1. The third kappa shape index (κ3) is 5.09. The van der Waals surface area contributed by atoms with E-state index in [4.69, 9.17) is 4.74 Å². The van der Waals surface area contributed by atoms with Crippen LogP contribution in [0.2, 0.25) is 0 Å². The lowest BCUT2D eigenvalue weighted by Crippen LogP contribution is -2.35. The summed E-state index contributed by atoms with van der Waals surface area (Å²) in [6, 6.07) is 22.0. The van der Waals surface area contributed by atoms with Crippen LogP contribution in [0.5, 0.6) is 5.75 Å². The van der Waals surface area contributed by atoms with Crippen molar-refractivity contribution >= 4 is 29.0 Å². The van der Waals surface area contributed by atoms with Gasteiger partial charge in [-0.05, 0) is 86.3 Å². The number of hydrogen-bond donors (Lipinski definition) is 2. The van der Waals surface area contributed by atoms with Crippen molar-refractivity contribution < 1.29 is 14.3 Å². The molecule has 1 aliphatic heterocycles. The van der Waals surface area contributed by atoms with Crippen molar-refractivity contribution in [2.75, 3.05) is 28.7 Å². The number of hydrogen-bond acceptors (Lipinski definition) is 3. The van der Waals surface area contributed by atoms with E-state index in [1.807, 2.05) is 37.3 Å². The van der Waals surface area contributed by atoms with Crippen molar-refractivity contribution in [3.63, 3.8) is 0 Å². The topological polar surface area (TPSA) is 70.7 Å². The van der Waals surface area contributed by atoms with Crippen LogP contribution in [0.25, 0.3) is 0 Å². The zero-order valence-electron chi connectivity index (χ0n) is 18.1. The summed E-state index contributed by atoms with van der Waals surface area (Å²) in [5.41, 5.74) is 4.01. The molecule has 0 saturated heterocycles. The molecule has 0 saturated carbocycles. The number of anilines is 3. The van der Waals surface area contributed by atoms with Crippen molar-refractivity contribution in [3.8, 4) is 5.75 Å². The SMILES string of the molecule is CCOc1ccc(NC(=O)c2ccc(NC(=O)N3CCCCc4ccccc43)cc2)cc1. The Hall–Kier alpha value is -3.80. The molecule has 3 aromatic carbocycles. The largest absolute Gasteiger partial charge is 0.494 e. The minimum Gasteiger partial charge on any atom is -0.494 e. The molecule has 4 rings (SSSR count). The smallest absolute Gasteiger partial charge is 0.326 e. The van der Waals surface area contributed by atoms with E-state index in [9.17, 15) is 9.59 Å². The van der Waals surface area contributed by atoms with Gasteiger partial charge in [-0.1, -0.05) is 18.2 Å². The molecule has 3 aromatic rings. The molecule has 0 unspecified atom stereocenters. The summed E-state index contributed by atoms with van der Waals surface area (Å²) in [7, 11) is 0. The highest BCUT2D eigenvalue weighted by Crippen LogP contribution is 2.27. The zero-order valence-corrected chi connectivity index (χ0v) is 18.1. The number of amides is 3. The first kappa shape index (κ1) is 21.4. The van der Waals surface area contributed by atoms with Gasteiger partial charge in [0.25, 0.3) is 5.91 Å². The fourth-order valence-electron chi connectivity index (χ4n) is 3.80. The van der Waals surface area contributed by atoms with Crippen LogP contribution in [0.15, 0.2) is 72.8 Å². The molecule has 0 bridgehead atoms. The molecule has 1 heterocycles. The summed E-state index contributed by atoms with van der Waals surface area (Å²) in [6.07, 6.45) is 3.02. The second-order valence-electron chi connectivity index (χ2n) is 7.66. The summed E-state index contributed by atoms with van der Waals surface area (Å²) >= 11 is 0. The number of fused-ring (bicyclic) bond motifs is 1. The molecule has 0 spiro atoms. The maximum Gasteiger partial charge on any atom is 0.326 e. The highest BCUT2D eigenvalue weighted by Gasteiger charge is 2.21. The van der Waals surface area contributed by atoms with Crippen molar-refractivity contribution in [3.05, 3.63) is 83.9 Å². The van der Waals surface area contributed by atoms with Gasteiger partial charge >= 0.3 is 6.03 Å².